The summed E-state index contributed by atoms with van der Waals surface area (Å²) in [5, 5.41) is 2.92. The summed E-state index contributed by atoms with van der Waals surface area (Å²) >= 11 is 0. The zero-order valence-electron chi connectivity index (χ0n) is 9.73. The number of likely N-dealkylation sites (tertiary alicyclic amines) is 1. The molecule has 0 aromatic heterocycles. The van der Waals surface area contributed by atoms with Crippen molar-refractivity contribution in [2.45, 2.75) is 12.5 Å². The van der Waals surface area contributed by atoms with Crippen LogP contribution in [0.2, 0.25) is 0 Å². The van der Waals surface area contributed by atoms with Gasteiger partial charge in [0, 0.05) is 12.2 Å². The number of halogens is 1. The van der Waals surface area contributed by atoms with Gasteiger partial charge in [-0.2, -0.15) is 0 Å². The van der Waals surface area contributed by atoms with Gasteiger partial charge in [0.1, 0.15) is 11.9 Å². The molecular weight excluding hydrogens is 235 g/mol. The first-order valence-corrected chi connectivity index (χ1v) is 5.59. The smallest absolute Gasteiger partial charge is 0.252 e. The van der Waals surface area contributed by atoms with Crippen molar-refractivity contribution in [3.63, 3.8) is 0 Å². The van der Waals surface area contributed by atoms with E-state index in [2.05, 4.69) is 11.9 Å². The van der Waals surface area contributed by atoms with Gasteiger partial charge in [0.25, 0.3) is 5.91 Å². The van der Waals surface area contributed by atoms with Crippen molar-refractivity contribution in [1.29, 1.82) is 0 Å². The number of amides is 2. The lowest BCUT2D eigenvalue weighted by atomic mass is 10.2. The predicted octanol–water partition coefficient (Wildman–Crippen LogP) is 1.55. The van der Waals surface area contributed by atoms with Crippen LogP contribution in [0.5, 0.6) is 0 Å². The first-order valence-electron chi connectivity index (χ1n) is 5.59. The van der Waals surface area contributed by atoms with E-state index in [0.717, 1.165) is 4.90 Å². The van der Waals surface area contributed by atoms with Gasteiger partial charge in [0.2, 0.25) is 5.91 Å². The van der Waals surface area contributed by atoms with Gasteiger partial charge in [-0.3, -0.25) is 14.5 Å². The van der Waals surface area contributed by atoms with E-state index < -0.39 is 6.04 Å². The maximum Gasteiger partial charge on any atom is 0.252 e. The van der Waals surface area contributed by atoms with E-state index in [-0.39, 0.29) is 30.6 Å². The number of benzene rings is 1. The van der Waals surface area contributed by atoms with Crippen LogP contribution in [-0.2, 0) is 9.59 Å². The SMILES string of the molecule is C=CCN1C(=O)CC(Nc2ccc(F)cc2)C1=O. The van der Waals surface area contributed by atoms with Crippen molar-refractivity contribution in [1.82, 2.24) is 4.90 Å². The second-order valence-corrected chi connectivity index (χ2v) is 4.04. The van der Waals surface area contributed by atoms with E-state index in [9.17, 15) is 14.0 Å². The zero-order chi connectivity index (χ0) is 13.1. The molecule has 18 heavy (non-hydrogen) atoms. The van der Waals surface area contributed by atoms with E-state index >= 15 is 0 Å². The number of carbonyl (C=O) groups is 2. The Morgan fingerprint density at radius 3 is 2.67 bits per heavy atom. The molecule has 94 valence electrons. The molecular formula is C13H13FN2O2. The summed E-state index contributed by atoms with van der Waals surface area (Å²) < 4.78 is 12.7. The second kappa shape index (κ2) is 5.00. The predicted molar refractivity (Wildman–Crippen MR) is 65.3 cm³/mol. The number of nitrogens with one attached hydrogen (secondary N) is 1. The van der Waals surface area contributed by atoms with Crippen LogP contribution < -0.4 is 5.32 Å². The van der Waals surface area contributed by atoms with Crippen LogP contribution in [-0.4, -0.2) is 29.3 Å². The Morgan fingerprint density at radius 1 is 1.39 bits per heavy atom. The summed E-state index contributed by atoms with van der Waals surface area (Å²) in [6.45, 7) is 3.73. The third kappa shape index (κ3) is 2.40. The van der Waals surface area contributed by atoms with Gasteiger partial charge in [0.15, 0.2) is 0 Å². The summed E-state index contributed by atoms with van der Waals surface area (Å²) in [5.74, 6) is -0.841. The molecule has 5 heteroatoms. The molecule has 0 spiro atoms. The van der Waals surface area contributed by atoms with E-state index in [1.54, 1.807) is 0 Å². The molecule has 0 saturated carbocycles. The average molecular weight is 248 g/mol. The summed E-state index contributed by atoms with van der Waals surface area (Å²) in [5.41, 5.74) is 0.614. The highest BCUT2D eigenvalue weighted by Gasteiger charge is 2.37. The Labute approximate surface area is 104 Å². The van der Waals surface area contributed by atoms with Crippen LogP contribution in [0.15, 0.2) is 36.9 Å². The maximum atomic E-state index is 12.7. The molecule has 1 saturated heterocycles. The van der Waals surface area contributed by atoms with Crippen molar-refractivity contribution < 1.29 is 14.0 Å². The molecule has 1 N–H and O–H groups in total. The first kappa shape index (κ1) is 12.3. The normalized spacial score (nSPS) is 19.2. The Morgan fingerprint density at radius 2 is 2.06 bits per heavy atom. The Kier molecular flexibility index (Phi) is 3.41. The van der Waals surface area contributed by atoms with Crippen molar-refractivity contribution in [2.24, 2.45) is 0 Å². The molecule has 1 heterocycles. The molecule has 1 unspecified atom stereocenters. The lowest BCUT2D eigenvalue weighted by molar-refractivity contribution is -0.137. The number of carbonyl (C=O) groups excluding carboxylic acids is 2. The van der Waals surface area contributed by atoms with E-state index in [1.807, 2.05) is 0 Å². The summed E-state index contributed by atoms with van der Waals surface area (Å²) in [7, 11) is 0. The quantitative estimate of drug-likeness (QED) is 0.649. The summed E-state index contributed by atoms with van der Waals surface area (Å²) in [6, 6.07) is 5.07. The van der Waals surface area contributed by atoms with Gasteiger partial charge in [-0.05, 0) is 24.3 Å². The van der Waals surface area contributed by atoms with Crippen molar-refractivity contribution >= 4 is 17.5 Å². The van der Waals surface area contributed by atoms with Crippen molar-refractivity contribution in [2.75, 3.05) is 11.9 Å². The van der Waals surface area contributed by atoms with Crippen LogP contribution in [0, 0.1) is 5.82 Å². The zero-order valence-corrected chi connectivity index (χ0v) is 9.73. The fourth-order valence-corrected chi connectivity index (χ4v) is 1.86. The van der Waals surface area contributed by atoms with Crippen LogP contribution in [0.3, 0.4) is 0 Å². The maximum absolute atomic E-state index is 12.7. The molecule has 1 aliphatic heterocycles. The van der Waals surface area contributed by atoms with Gasteiger partial charge in [-0.25, -0.2) is 4.39 Å². The van der Waals surface area contributed by atoms with Crippen LogP contribution in [0.25, 0.3) is 0 Å². The van der Waals surface area contributed by atoms with E-state index in [1.165, 1.54) is 30.3 Å². The minimum Gasteiger partial charge on any atom is -0.373 e. The number of nitrogens with zero attached hydrogens (tertiary/aromatic N) is 1. The second-order valence-electron chi connectivity index (χ2n) is 4.04. The highest BCUT2D eigenvalue weighted by molar-refractivity contribution is 6.06. The number of imide groups is 1. The Balaban J connectivity index is 2.07. The van der Waals surface area contributed by atoms with Crippen molar-refractivity contribution in [3.8, 4) is 0 Å². The van der Waals surface area contributed by atoms with Gasteiger partial charge in [-0.1, -0.05) is 6.08 Å². The molecule has 0 aliphatic carbocycles. The van der Waals surface area contributed by atoms with E-state index in [4.69, 9.17) is 0 Å². The largest absolute Gasteiger partial charge is 0.373 e. The molecule has 1 aromatic rings. The number of hydrogen-bond donors (Lipinski definition) is 1. The topological polar surface area (TPSA) is 49.4 Å². The number of hydrogen-bond acceptors (Lipinski definition) is 3. The van der Waals surface area contributed by atoms with Crippen LogP contribution in [0.1, 0.15) is 6.42 Å². The molecule has 0 radical (unpaired) electrons. The molecule has 4 nitrogen and oxygen atoms in total. The number of rotatable bonds is 4. The molecule has 0 bridgehead atoms. The molecule has 2 rings (SSSR count). The fourth-order valence-electron chi connectivity index (χ4n) is 1.86. The molecule has 2 amide bonds. The van der Waals surface area contributed by atoms with Gasteiger partial charge in [0.05, 0.1) is 6.42 Å². The van der Waals surface area contributed by atoms with Gasteiger partial charge < -0.3 is 5.32 Å². The molecule has 1 aromatic carbocycles. The average Bonchev–Trinajstić information content (AvgIpc) is 2.60. The third-order valence-electron chi connectivity index (χ3n) is 2.74. The first-order chi connectivity index (χ1) is 8.61. The summed E-state index contributed by atoms with van der Waals surface area (Å²) in [6.07, 6.45) is 1.63. The van der Waals surface area contributed by atoms with Crippen LogP contribution >= 0.6 is 0 Å². The minimum atomic E-state index is -0.581. The lowest BCUT2D eigenvalue weighted by Gasteiger charge is -2.14. The molecule has 1 fully saturated rings. The Hall–Kier alpha value is -2.17. The fraction of sp³-hybridized carbons (Fsp3) is 0.231. The lowest BCUT2D eigenvalue weighted by Crippen LogP contribution is -2.34. The number of anilines is 1. The van der Waals surface area contributed by atoms with E-state index in [0.29, 0.717) is 5.69 Å². The van der Waals surface area contributed by atoms with Crippen molar-refractivity contribution in [3.05, 3.63) is 42.7 Å². The standard InChI is InChI=1S/C13H13FN2O2/c1-2-7-16-12(17)8-11(13(16)18)15-10-5-3-9(14)4-6-10/h2-6,11,15H,1,7-8H2. The van der Waals surface area contributed by atoms with Gasteiger partial charge >= 0.3 is 0 Å². The highest BCUT2D eigenvalue weighted by Crippen LogP contribution is 2.18. The van der Waals surface area contributed by atoms with Gasteiger partial charge in [-0.15, -0.1) is 6.58 Å². The molecule has 1 atom stereocenters. The minimum absolute atomic E-state index is 0.115. The Bertz CT molecular complexity index is 484. The third-order valence-corrected chi connectivity index (χ3v) is 2.74. The molecule has 1 aliphatic rings. The highest BCUT2D eigenvalue weighted by atomic mass is 19.1. The summed E-state index contributed by atoms with van der Waals surface area (Å²) in [4.78, 5) is 24.6. The van der Waals surface area contributed by atoms with Crippen LogP contribution in [0.4, 0.5) is 10.1 Å². The monoisotopic (exact) mass is 248 g/mol.